The predicted molar refractivity (Wildman–Crippen MR) is 82.0 cm³/mol. The van der Waals surface area contributed by atoms with E-state index < -0.39 is 0 Å². The maximum atomic E-state index is 5.89. The van der Waals surface area contributed by atoms with Crippen LogP contribution in [-0.4, -0.2) is 13.2 Å². The monoisotopic (exact) mass is 275 g/mol. The van der Waals surface area contributed by atoms with Crippen molar-refractivity contribution in [2.24, 2.45) is 5.73 Å². The molecule has 2 rings (SSSR count). The summed E-state index contributed by atoms with van der Waals surface area (Å²) in [6.07, 6.45) is 2.03. The second kappa shape index (κ2) is 7.31. The fourth-order valence-electron chi connectivity index (χ4n) is 2.05. The standard InChI is InChI=1S/C16H21NOS/c1-2-9-18-15-7-5-13(6-8-15)11-14(12-17)16-4-3-10-19-16/h3-8,10,14H,2,9,11-12,17H2,1H3. The number of hydrogen-bond donors (Lipinski definition) is 1. The molecule has 3 heteroatoms. The molecule has 0 saturated carbocycles. The van der Waals surface area contributed by atoms with Gasteiger partial charge in [-0.15, -0.1) is 11.3 Å². The molecule has 2 aromatic rings. The molecule has 2 nitrogen and oxygen atoms in total. The molecule has 1 heterocycles. The van der Waals surface area contributed by atoms with Crippen LogP contribution in [0, 0.1) is 0 Å². The van der Waals surface area contributed by atoms with Gasteiger partial charge in [0.1, 0.15) is 5.75 Å². The van der Waals surface area contributed by atoms with Crippen LogP contribution in [0.25, 0.3) is 0 Å². The summed E-state index contributed by atoms with van der Waals surface area (Å²) in [5.74, 6) is 1.37. The third kappa shape index (κ3) is 4.08. The van der Waals surface area contributed by atoms with Crippen LogP contribution in [0.5, 0.6) is 5.75 Å². The number of benzene rings is 1. The van der Waals surface area contributed by atoms with E-state index in [0.29, 0.717) is 12.5 Å². The lowest BCUT2D eigenvalue weighted by Gasteiger charge is -2.13. The van der Waals surface area contributed by atoms with Gasteiger partial charge in [-0.3, -0.25) is 0 Å². The Hall–Kier alpha value is -1.32. The molecule has 1 aromatic carbocycles. The molecule has 0 spiro atoms. The summed E-state index contributed by atoms with van der Waals surface area (Å²) in [7, 11) is 0. The zero-order valence-corrected chi connectivity index (χ0v) is 12.2. The SMILES string of the molecule is CCCOc1ccc(CC(CN)c2cccs2)cc1. The van der Waals surface area contributed by atoms with E-state index in [4.69, 9.17) is 10.5 Å². The van der Waals surface area contributed by atoms with Crippen molar-refractivity contribution in [3.05, 3.63) is 52.2 Å². The maximum Gasteiger partial charge on any atom is 0.119 e. The third-order valence-electron chi connectivity index (χ3n) is 3.11. The Morgan fingerprint density at radius 2 is 2.00 bits per heavy atom. The molecule has 0 fully saturated rings. The lowest BCUT2D eigenvalue weighted by atomic mass is 9.98. The normalized spacial score (nSPS) is 12.3. The van der Waals surface area contributed by atoms with Gasteiger partial charge in [0.25, 0.3) is 0 Å². The summed E-state index contributed by atoms with van der Waals surface area (Å²) in [6.45, 7) is 3.58. The van der Waals surface area contributed by atoms with E-state index in [1.54, 1.807) is 11.3 Å². The first-order valence-corrected chi connectivity index (χ1v) is 7.66. The van der Waals surface area contributed by atoms with Crippen molar-refractivity contribution in [2.75, 3.05) is 13.2 Å². The molecule has 1 atom stereocenters. The smallest absolute Gasteiger partial charge is 0.119 e. The lowest BCUT2D eigenvalue weighted by Crippen LogP contribution is -2.13. The summed E-state index contributed by atoms with van der Waals surface area (Å²) in [5.41, 5.74) is 7.20. The molecule has 1 unspecified atom stereocenters. The van der Waals surface area contributed by atoms with E-state index in [2.05, 4.69) is 36.6 Å². The van der Waals surface area contributed by atoms with Crippen LogP contribution in [-0.2, 0) is 6.42 Å². The zero-order valence-electron chi connectivity index (χ0n) is 11.3. The molecule has 0 saturated heterocycles. The molecule has 0 aliphatic rings. The highest BCUT2D eigenvalue weighted by Crippen LogP contribution is 2.25. The van der Waals surface area contributed by atoms with Crippen molar-refractivity contribution in [1.29, 1.82) is 0 Å². The van der Waals surface area contributed by atoms with E-state index in [0.717, 1.165) is 25.2 Å². The van der Waals surface area contributed by atoms with E-state index in [1.165, 1.54) is 10.4 Å². The first-order valence-electron chi connectivity index (χ1n) is 6.78. The minimum atomic E-state index is 0.419. The van der Waals surface area contributed by atoms with Crippen LogP contribution in [0.15, 0.2) is 41.8 Å². The topological polar surface area (TPSA) is 35.2 Å². The molecule has 19 heavy (non-hydrogen) atoms. The Kier molecular flexibility index (Phi) is 5.43. The van der Waals surface area contributed by atoms with Crippen LogP contribution in [0.1, 0.15) is 29.7 Å². The Morgan fingerprint density at radius 1 is 1.21 bits per heavy atom. The molecule has 0 aliphatic heterocycles. The van der Waals surface area contributed by atoms with Crippen LogP contribution in [0.4, 0.5) is 0 Å². The second-order valence-electron chi connectivity index (χ2n) is 4.64. The Labute approximate surface area is 119 Å². The molecule has 0 aliphatic carbocycles. The summed E-state index contributed by atoms with van der Waals surface area (Å²) in [4.78, 5) is 1.37. The van der Waals surface area contributed by atoms with Crippen LogP contribution >= 0.6 is 11.3 Å². The fourth-order valence-corrected chi connectivity index (χ4v) is 2.89. The number of rotatable bonds is 7. The van der Waals surface area contributed by atoms with Crippen molar-refractivity contribution in [3.8, 4) is 5.75 Å². The molecule has 0 bridgehead atoms. The molecular formula is C16H21NOS. The molecule has 0 amide bonds. The average Bonchev–Trinajstić information content (AvgIpc) is 2.98. The van der Waals surface area contributed by atoms with E-state index in [-0.39, 0.29) is 0 Å². The molecule has 1 aromatic heterocycles. The summed E-state index contributed by atoms with van der Waals surface area (Å²) in [5, 5.41) is 2.11. The molecule has 2 N–H and O–H groups in total. The Balaban J connectivity index is 1.98. The van der Waals surface area contributed by atoms with Crippen LogP contribution < -0.4 is 10.5 Å². The van der Waals surface area contributed by atoms with Gasteiger partial charge in [0.05, 0.1) is 6.61 Å². The van der Waals surface area contributed by atoms with Crippen molar-refractivity contribution < 1.29 is 4.74 Å². The first-order chi connectivity index (χ1) is 9.33. The highest BCUT2D eigenvalue weighted by Gasteiger charge is 2.11. The number of ether oxygens (including phenoxy) is 1. The first kappa shape index (κ1) is 14.1. The molecule has 0 radical (unpaired) electrons. The highest BCUT2D eigenvalue weighted by molar-refractivity contribution is 7.10. The van der Waals surface area contributed by atoms with Gasteiger partial charge in [-0.1, -0.05) is 25.1 Å². The quantitative estimate of drug-likeness (QED) is 0.833. The van der Waals surface area contributed by atoms with Crippen molar-refractivity contribution >= 4 is 11.3 Å². The van der Waals surface area contributed by atoms with Crippen LogP contribution in [0.2, 0.25) is 0 Å². The summed E-state index contributed by atoms with van der Waals surface area (Å²) < 4.78 is 5.59. The minimum absolute atomic E-state index is 0.419. The fraction of sp³-hybridized carbons (Fsp3) is 0.375. The van der Waals surface area contributed by atoms with Gasteiger partial charge in [0.15, 0.2) is 0 Å². The van der Waals surface area contributed by atoms with Gasteiger partial charge in [-0.05, 0) is 42.0 Å². The third-order valence-corrected chi connectivity index (χ3v) is 4.14. The van der Waals surface area contributed by atoms with Crippen LogP contribution in [0.3, 0.4) is 0 Å². The van der Waals surface area contributed by atoms with Gasteiger partial charge >= 0.3 is 0 Å². The van der Waals surface area contributed by atoms with Gasteiger partial charge in [-0.25, -0.2) is 0 Å². The van der Waals surface area contributed by atoms with E-state index in [9.17, 15) is 0 Å². The minimum Gasteiger partial charge on any atom is -0.494 e. The number of thiophene rings is 1. The highest BCUT2D eigenvalue weighted by atomic mass is 32.1. The van der Waals surface area contributed by atoms with Gasteiger partial charge in [-0.2, -0.15) is 0 Å². The van der Waals surface area contributed by atoms with Gasteiger partial charge < -0.3 is 10.5 Å². The van der Waals surface area contributed by atoms with Crippen molar-refractivity contribution in [2.45, 2.75) is 25.7 Å². The van der Waals surface area contributed by atoms with E-state index >= 15 is 0 Å². The average molecular weight is 275 g/mol. The van der Waals surface area contributed by atoms with Crippen molar-refractivity contribution in [3.63, 3.8) is 0 Å². The molecule has 102 valence electrons. The lowest BCUT2D eigenvalue weighted by molar-refractivity contribution is 0.317. The Bertz CT molecular complexity index is 464. The van der Waals surface area contributed by atoms with E-state index in [1.807, 2.05) is 12.1 Å². The van der Waals surface area contributed by atoms with Crippen molar-refractivity contribution in [1.82, 2.24) is 0 Å². The van der Waals surface area contributed by atoms with Gasteiger partial charge in [0.2, 0.25) is 0 Å². The zero-order chi connectivity index (χ0) is 13.5. The summed E-state index contributed by atoms with van der Waals surface area (Å²) >= 11 is 1.78. The number of hydrogen-bond acceptors (Lipinski definition) is 3. The van der Waals surface area contributed by atoms with Gasteiger partial charge in [0, 0.05) is 17.3 Å². The number of nitrogens with two attached hydrogens (primary N) is 1. The largest absolute Gasteiger partial charge is 0.494 e. The summed E-state index contributed by atoms with van der Waals surface area (Å²) in [6, 6.07) is 12.6. The Morgan fingerprint density at radius 3 is 2.58 bits per heavy atom. The predicted octanol–water partition coefficient (Wildman–Crippen LogP) is 3.82. The maximum absolute atomic E-state index is 5.89. The molecular weight excluding hydrogens is 254 g/mol. The second-order valence-corrected chi connectivity index (χ2v) is 5.62.